The molecule has 5 nitrogen and oxygen atoms in total. The number of amides is 1. The Morgan fingerprint density at radius 1 is 1.03 bits per heavy atom. The molecule has 0 radical (unpaired) electrons. The van der Waals surface area contributed by atoms with Gasteiger partial charge in [-0.2, -0.15) is 0 Å². The van der Waals surface area contributed by atoms with Gasteiger partial charge in [-0.25, -0.2) is 13.6 Å². The highest BCUT2D eigenvalue weighted by Crippen LogP contribution is 2.40. The summed E-state index contributed by atoms with van der Waals surface area (Å²) in [6.45, 7) is 1.40. The zero-order valence-electron chi connectivity index (χ0n) is 16.0. The van der Waals surface area contributed by atoms with Crippen molar-refractivity contribution in [3.8, 4) is 11.1 Å². The monoisotopic (exact) mass is 459 g/mol. The molecule has 0 bridgehead atoms. The Bertz CT molecular complexity index is 1270. The summed E-state index contributed by atoms with van der Waals surface area (Å²) in [6, 6.07) is 9.76. The number of carboxylic acids is 1. The van der Waals surface area contributed by atoms with Crippen LogP contribution in [0.4, 0.5) is 13.8 Å². The molecule has 0 spiro atoms. The lowest BCUT2D eigenvalue weighted by molar-refractivity contribution is -0.112. The summed E-state index contributed by atoms with van der Waals surface area (Å²) in [5, 5.41) is 24.0. The standard InChI is InChI=1S/C22H15F2NO4S2/c1-10-6-7-13(17(24)16(10)23)14-9-31-21(15(14)22(28)29)25-20(27)19-18(26)12-5-3-2-4-11(12)8-30-19/h2-7,9,26H,8H2,1H3,(H,25,27)(H,28,29). The lowest BCUT2D eigenvalue weighted by Crippen LogP contribution is -2.17. The Hall–Kier alpha value is -3.17. The van der Waals surface area contributed by atoms with Gasteiger partial charge in [0.1, 0.15) is 21.2 Å². The summed E-state index contributed by atoms with van der Waals surface area (Å²) in [5.41, 5.74) is 0.919. The van der Waals surface area contributed by atoms with Crippen LogP contribution in [-0.4, -0.2) is 22.1 Å². The van der Waals surface area contributed by atoms with Crippen LogP contribution < -0.4 is 5.32 Å². The van der Waals surface area contributed by atoms with Gasteiger partial charge in [-0.1, -0.05) is 36.4 Å². The van der Waals surface area contributed by atoms with Gasteiger partial charge in [-0.15, -0.1) is 23.1 Å². The van der Waals surface area contributed by atoms with E-state index in [9.17, 15) is 28.6 Å². The van der Waals surface area contributed by atoms with E-state index >= 15 is 0 Å². The molecule has 2 heterocycles. The van der Waals surface area contributed by atoms with Crippen molar-refractivity contribution in [1.82, 2.24) is 0 Å². The first kappa shape index (κ1) is 21.1. The SMILES string of the molecule is Cc1ccc(-c2csc(NC(=O)C3=C(O)c4ccccc4CS3)c2C(=O)O)c(F)c1F. The summed E-state index contributed by atoms with van der Waals surface area (Å²) in [5.74, 6) is -4.01. The predicted molar refractivity (Wildman–Crippen MR) is 117 cm³/mol. The van der Waals surface area contributed by atoms with Crippen molar-refractivity contribution < 1.29 is 28.6 Å². The molecule has 1 amide bonds. The van der Waals surface area contributed by atoms with E-state index in [-0.39, 0.29) is 37.9 Å². The van der Waals surface area contributed by atoms with E-state index in [0.29, 0.717) is 11.3 Å². The van der Waals surface area contributed by atoms with Crippen molar-refractivity contribution in [2.45, 2.75) is 12.7 Å². The van der Waals surface area contributed by atoms with Crippen LogP contribution in [-0.2, 0) is 10.5 Å². The van der Waals surface area contributed by atoms with Crippen LogP contribution in [0.2, 0.25) is 0 Å². The first-order valence-electron chi connectivity index (χ1n) is 9.05. The Balaban J connectivity index is 1.72. The minimum Gasteiger partial charge on any atom is -0.506 e. The van der Waals surface area contributed by atoms with Gasteiger partial charge < -0.3 is 15.5 Å². The molecular weight excluding hydrogens is 444 g/mol. The number of aryl methyl sites for hydroxylation is 1. The molecule has 0 saturated heterocycles. The van der Waals surface area contributed by atoms with Crippen molar-refractivity contribution in [2.24, 2.45) is 0 Å². The number of aromatic carboxylic acids is 1. The van der Waals surface area contributed by atoms with Gasteiger partial charge in [-0.3, -0.25) is 4.79 Å². The Labute approximate surface area is 184 Å². The molecule has 1 aromatic heterocycles. The number of halogens is 2. The summed E-state index contributed by atoms with van der Waals surface area (Å²) >= 11 is 2.01. The second kappa shape index (κ2) is 8.16. The topological polar surface area (TPSA) is 86.6 Å². The molecule has 0 atom stereocenters. The van der Waals surface area contributed by atoms with Gasteiger partial charge in [0.05, 0.1) is 0 Å². The maximum atomic E-state index is 14.5. The lowest BCUT2D eigenvalue weighted by Gasteiger charge is -2.18. The molecule has 158 valence electrons. The maximum Gasteiger partial charge on any atom is 0.339 e. The Kier molecular flexibility index (Phi) is 5.55. The van der Waals surface area contributed by atoms with E-state index in [0.717, 1.165) is 28.7 Å². The molecule has 0 saturated carbocycles. The van der Waals surface area contributed by atoms with E-state index < -0.39 is 23.5 Å². The molecule has 0 fully saturated rings. The molecule has 1 aliphatic rings. The molecule has 9 heteroatoms. The van der Waals surface area contributed by atoms with Gasteiger partial charge in [0, 0.05) is 27.8 Å². The predicted octanol–water partition coefficient (Wildman–Crippen LogP) is 5.81. The highest BCUT2D eigenvalue weighted by Gasteiger charge is 2.28. The Morgan fingerprint density at radius 3 is 2.52 bits per heavy atom. The smallest absolute Gasteiger partial charge is 0.339 e. The average Bonchev–Trinajstić information content (AvgIpc) is 3.16. The number of anilines is 1. The third kappa shape index (κ3) is 3.70. The summed E-state index contributed by atoms with van der Waals surface area (Å²) in [6.07, 6.45) is 0. The minimum absolute atomic E-state index is 0.0346. The van der Waals surface area contributed by atoms with Crippen molar-refractivity contribution in [1.29, 1.82) is 0 Å². The molecule has 0 aliphatic carbocycles. The van der Waals surface area contributed by atoms with Crippen molar-refractivity contribution in [3.63, 3.8) is 0 Å². The normalized spacial score (nSPS) is 13.1. The molecule has 31 heavy (non-hydrogen) atoms. The van der Waals surface area contributed by atoms with Crippen LogP contribution in [0.3, 0.4) is 0 Å². The third-order valence-electron chi connectivity index (χ3n) is 4.86. The largest absolute Gasteiger partial charge is 0.506 e. The van der Waals surface area contributed by atoms with Crippen molar-refractivity contribution >= 4 is 45.7 Å². The van der Waals surface area contributed by atoms with Crippen LogP contribution in [0.15, 0.2) is 46.7 Å². The number of carboxylic acid groups (broad SMARTS) is 1. The van der Waals surface area contributed by atoms with E-state index in [1.807, 2.05) is 12.1 Å². The van der Waals surface area contributed by atoms with E-state index in [2.05, 4.69) is 5.32 Å². The zero-order chi connectivity index (χ0) is 22.3. The number of thiophene rings is 1. The van der Waals surface area contributed by atoms with E-state index in [4.69, 9.17) is 0 Å². The van der Waals surface area contributed by atoms with E-state index in [1.54, 1.807) is 12.1 Å². The number of fused-ring (bicyclic) bond motifs is 1. The van der Waals surface area contributed by atoms with Gasteiger partial charge >= 0.3 is 5.97 Å². The number of carbonyl (C=O) groups is 2. The number of aliphatic hydroxyl groups is 1. The fraction of sp³-hybridized carbons (Fsp3) is 0.0909. The number of nitrogens with one attached hydrogen (secondary N) is 1. The zero-order valence-corrected chi connectivity index (χ0v) is 17.7. The average molecular weight is 459 g/mol. The van der Waals surface area contributed by atoms with Crippen molar-refractivity contribution in [3.05, 3.63) is 80.6 Å². The second-order valence-electron chi connectivity index (χ2n) is 6.79. The van der Waals surface area contributed by atoms with Gasteiger partial charge in [-0.05, 0) is 18.1 Å². The first-order chi connectivity index (χ1) is 14.8. The number of hydrogen-bond donors (Lipinski definition) is 3. The van der Waals surface area contributed by atoms with Crippen LogP contribution in [0, 0.1) is 18.6 Å². The molecule has 1 aliphatic heterocycles. The summed E-state index contributed by atoms with van der Waals surface area (Å²) < 4.78 is 28.5. The van der Waals surface area contributed by atoms with Crippen molar-refractivity contribution in [2.75, 3.05) is 5.32 Å². The first-order valence-corrected chi connectivity index (χ1v) is 10.9. The fourth-order valence-electron chi connectivity index (χ4n) is 3.27. The van der Waals surface area contributed by atoms with Gasteiger partial charge in [0.25, 0.3) is 5.91 Å². The highest BCUT2D eigenvalue weighted by molar-refractivity contribution is 8.03. The van der Waals surface area contributed by atoms with Gasteiger partial charge in [0.15, 0.2) is 11.6 Å². The van der Waals surface area contributed by atoms with Gasteiger partial charge in [0.2, 0.25) is 0 Å². The van der Waals surface area contributed by atoms with Crippen LogP contribution in [0.25, 0.3) is 16.9 Å². The third-order valence-corrected chi connectivity index (χ3v) is 6.88. The summed E-state index contributed by atoms with van der Waals surface area (Å²) in [4.78, 5) is 24.8. The van der Waals surface area contributed by atoms with Crippen LogP contribution >= 0.6 is 23.1 Å². The molecular formula is C22H15F2NO4S2. The molecule has 2 aromatic carbocycles. The number of carbonyl (C=O) groups excluding carboxylic acids is 1. The second-order valence-corrected chi connectivity index (χ2v) is 8.66. The number of thioether (sulfide) groups is 1. The number of aliphatic hydroxyl groups excluding tert-OH is 1. The molecule has 3 N–H and O–H groups in total. The van der Waals surface area contributed by atoms with E-state index in [1.165, 1.54) is 24.4 Å². The maximum absolute atomic E-state index is 14.5. The van der Waals surface area contributed by atoms with Crippen LogP contribution in [0.1, 0.15) is 27.0 Å². The Morgan fingerprint density at radius 2 is 1.77 bits per heavy atom. The molecule has 0 unspecified atom stereocenters. The minimum atomic E-state index is -1.40. The quantitative estimate of drug-likeness (QED) is 0.458. The lowest BCUT2D eigenvalue weighted by atomic mass is 10.0. The fourth-order valence-corrected chi connectivity index (χ4v) is 5.19. The number of benzene rings is 2. The summed E-state index contributed by atoms with van der Waals surface area (Å²) in [7, 11) is 0. The number of hydrogen-bond acceptors (Lipinski definition) is 5. The van der Waals surface area contributed by atoms with Crippen LogP contribution in [0.5, 0.6) is 0 Å². The number of rotatable bonds is 4. The molecule has 4 rings (SSSR count). The molecule has 3 aromatic rings. The highest BCUT2D eigenvalue weighted by atomic mass is 32.2.